The maximum atomic E-state index is 12.5. The number of alkyl halides is 4. The number of carbonyl (C=O) groups excluding carboxylic acids is 1. The molecule has 0 fully saturated rings. The van der Waals surface area contributed by atoms with Crippen molar-refractivity contribution in [2.75, 3.05) is 11.1 Å². The third-order valence-electron chi connectivity index (χ3n) is 1.88. The van der Waals surface area contributed by atoms with Crippen molar-refractivity contribution in [2.24, 2.45) is 0 Å². The van der Waals surface area contributed by atoms with Crippen LogP contribution in [0.1, 0.15) is 15.9 Å². The Morgan fingerprint density at radius 1 is 1.44 bits per heavy atom. The van der Waals surface area contributed by atoms with Gasteiger partial charge in [0.25, 0.3) is 0 Å². The van der Waals surface area contributed by atoms with Crippen LogP contribution in [0.3, 0.4) is 0 Å². The zero-order valence-electron chi connectivity index (χ0n) is 7.74. The summed E-state index contributed by atoms with van der Waals surface area (Å²) in [6.45, 7) is 0. The molecule has 0 saturated carbocycles. The lowest BCUT2D eigenvalue weighted by molar-refractivity contribution is -0.136. The molecule has 0 atom stereocenters. The standard InChI is InChI=1S/C9H6BrClF3NO/c10-3-7(16)4-1-5(9(12,13)14)8(15)6(11)2-4/h1-2H,3,15H2. The minimum absolute atomic E-state index is 0.0788. The highest BCUT2D eigenvalue weighted by Crippen LogP contribution is 2.37. The Morgan fingerprint density at radius 3 is 2.44 bits per heavy atom. The minimum atomic E-state index is -4.63. The van der Waals surface area contributed by atoms with Crippen molar-refractivity contribution in [3.8, 4) is 0 Å². The number of benzene rings is 1. The predicted octanol–water partition coefficient (Wildman–Crippen LogP) is 3.52. The molecule has 16 heavy (non-hydrogen) atoms. The van der Waals surface area contributed by atoms with Crippen molar-refractivity contribution in [3.63, 3.8) is 0 Å². The fraction of sp³-hybridized carbons (Fsp3) is 0.222. The summed E-state index contributed by atoms with van der Waals surface area (Å²) in [6, 6.07) is 1.82. The van der Waals surface area contributed by atoms with Gasteiger partial charge in [-0.3, -0.25) is 4.79 Å². The summed E-state index contributed by atoms with van der Waals surface area (Å²) in [5.41, 5.74) is 3.42. The number of ketones is 1. The molecule has 1 aromatic rings. The Balaban J connectivity index is 3.39. The van der Waals surface area contributed by atoms with Gasteiger partial charge in [-0.05, 0) is 12.1 Å². The summed E-state index contributed by atoms with van der Waals surface area (Å²) >= 11 is 8.40. The molecule has 0 aliphatic carbocycles. The zero-order chi connectivity index (χ0) is 12.5. The second kappa shape index (κ2) is 4.63. The fourth-order valence-electron chi connectivity index (χ4n) is 1.09. The largest absolute Gasteiger partial charge is 0.418 e. The van der Waals surface area contributed by atoms with Crippen LogP contribution in [0.25, 0.3) is 0 Å². The van der Waals surface area contributed by atoms with Gasteiger partial charge in [0.2, 0.25) is 0 Å². The van der Waals surface area contributed by atoms with Crippen LogP contribution in [0.15, 0.2) is 12.1 Å². The van der Waals surface area contributed by atoms with Gasteiger partial charge in [0, 0.05) is 5.56 Å². The number of halogens is 5. The van der Waals surface area contributed by atoms with E-state index in [1.165, 1.54) is 0 Å². The molecule has 0 saturated heterocycles. The van der Waals surface area contributed by atoms with Gasteiger partial charge in [0.1, 0.15) is 0 Å². The first-order chi connectivity index (χ1) is 7.27. The molecular weight excluding hydrogens is 310 g/mol. The average Bonchev–Trinajstić information content (AvgIpc) is 2.18. The first-order valence-electron chi connectivity index (χ1n) is 4.02. The number of hydrogen-bond acceptors (Lipinski definition) is 2. The summed E-state index contributed by atoms with van der Waals surface area (Å²) in [5.74, 6) is -0.493. The molecule has 1 aromatic carbocycles. The Bertz CT molecular complexity index is 433. The number of nitrogen functional groups attached to an aromatic ring is 1. The second-order valence-corrected chi connectivity index (χ2v) is 3.94. The first kappa shape index (κ1) is 13.3. The van der Waals surface area contributed by atoms with E-state index >= 15 is 0 Å². The summed E-state index contributed by atoms with van der Waals surface area (Å²) in [5, 5.41) is -0.357. The Labute approximate surface area is 103 Å². The van der Waals surface area contributed by atoms with Crippen LogP contribution in [-0.2, 0) is 6.18 Å². The van der Waals surface area contributed by atoms with Gasteiger partial charge < -0.3 is 5.73 Å². The number of carbonyl (C=O) groups is 1. The summed E-state index contributed by atoms with van der Waals surface area (Å²) in [7, 11) is 0. The third kappa shape index (κ3) is 2.68. The average molecular weight is 317 g/mol. The lowest BCUT2D eigenvalue weighted by Crippen LogP contribution is -2.12. The van der Waals surface area contributed by atoms with Gasteiger partial charge in [-0.1, -0.05) is 27.5 Å². The molecule has 2 N–H and O–H groups in total. The molecule has 0 unspecified atom stereocenters. The van der Waals surface area contributed by atoms with Crippen molar-refractivity contribution in [1.29, 1.82) is 0 Å². The van der Waals surface area contributed by atoms with Crippen LogP contribution in [-0.4, -0.2) is 11.1 Å². The summed E-state index contributed by atoms with van der Waals surface area (Å²) in [6.07, 6.45) is -4.63. The quantitative estimate of drug-likeness (QED) is 0.515. The summed E-state index contributed by atoms with van der Waals surface area (Å²) < 4.78 is 37.5. The topological polar surface area (TPSA) is 43.1 Å². The van der Waals surface area contributed by atoms with Crippen LogP contribution in [0.4, 0.5) is 18.9 Å². The molecule has 0 heterocycles. The van der Waals surface area contributed by atoms with Gasteiger partial charge >= 0.3 is 6.18 Å². The molecule has 88 valence electrons. The van der Waals surface area contributed by atoms with Crippen molar-refractivity contribution in [3.05, 3.63) is 28.3 Å². The van der Waals surface area contributed by atoms with Gasteiger partial charge in [0.15, 0.2) is 5.78 Å². The van der Waals surface area contributed by atoms with Crippen LogP contribution < -0.4 is 5.73 Å². The SMILES string of the molecule is Nc1c(Cl)cc(C(=O)CBr)cc1C(F)(F)F. The lowest BCUT2D eigenvalue weighted by Gasteiger charge is -2.12. The molecule has 0 radical (unpaired) electrons. The molecule has 0 amide bonds. The van der Waals surface area contributed by atoms with E-state index in [-0.39, 0.29) is 15.9 Å². The maximum Gasteiger partial charge on any atom is 0.418 e. The minimum Gasteiger partial charge on any atom is -0.397 e. The fourth-order valence-corrected chi connectivity index (χ4v) is 1.63. The first-order valence-corrected chi connectivity index (χ1v) is 5.52. The van der Waals surface area contributed by atoms with E-state index < -0.39 is 23.2 Å². The highest BCUT2D eigenvalue weighted by Gasteiger charge is 2.34. The lowest BCUT2D eigenvalue weighted by atomic mass is 10.1. The van der Waals surface area contributed by atoms with Crippen LogP contribution >= 0.6 is 27.5 Å². The Kier molecular flexibility index (Phi) is 3.85. The van der Waals surface area contributed by atoms with E-state index in [2.05, 4.69) is 15.9 Å². The highest BCUT2D eigenvalue weighted by molar-refractivity contribution is 9.09. The second-order valence-electron chi connectivity index (χ2n) is 2.97. The Morgan fingerprint density at radius 2 is 2.00 bits per heavy atom. The number of nitrogens with two attached hydrogens (primary N) is 1. The molecule has 0 bridgehead atoms. The van der Waals surface area contributed by atoms with Gasteiger partial charge in [-0.15, -0.1) is 0 Å². The molecule has 0 aliphatic rings. The normalized spacial score (nSPS) is 11.6. The number of hydrogen-bond donors (Lipinski definition) is 1. The van der Waals surface area contributed by atoms with Gasteiger partial charge in [0.05, 0.1) is 21.6 Å². The molecule has 7 heteroatoms. The predicted molar refractivity (Wildman–Crippen MR) is 59.0 cm³/mol. The monoisotopic (exact) mass is 315 g/mol. The smallest absolute Gasteiger partial charge is 0.397 e. The molecule has 0 aromatic heterocycles. The Hall–Kier alpha value is -0.750. The van der Waals surface area contributed by atoms with Crippen LogP contribution in [0.5, 0.6) is 0 Å². The van der Waals surface area contributed by atoms with E-state index in [1.807, 2.05) is 0 Å². The molecule has 2 nitrogen and oxygen atoms in total. The number of Topliss-reactive ketones (excluding diaryl/α,β-unsaturated/α-hetero) is 1. The van der Waals surface area contributed by atoms with Crippen molar-refractivity contribution < 1.29 is 18.0 Å². The van der Waals surface area contributed by atoms with Gasteiger partial charge in [-0.25, -0.2) is 0 Å². The van der Waals surface area contributed by atoms with E-state index in [0.29, 0.717) is 6.07 Å². The van der Waals surface area contributed by atoms with Crippen LogP contribution in [0.2, 0.25) is 5.02 Å². The molecule has 0 aliphatic heterocycles. The van der Waals surface area contributed by atoms with E-state index in [4.69, 9.17) is 17.3 Å². The number of rotatable bonds is 2. The van der Waals surface area contributed by atoms with Crippen molar-refractivity contribution in [2.45, 2.75) is 6.18 Å². The molecule has 1 rings (SSSR count). The maximum absolute atomic E-state index is 12.5. The zero-order valence-corrected chi connectivity index (χ0v) is 10.1. The van der Waals surface area contributed by atoms with E-state index in [1.54, 1.807) is 0 Å². The summed E-state index contributed by atoms with van der Waals surface area (Å²) in [4.78, 5) is 11.2. The highest BCUT2D eigenvalue weighted by atomic mass is 79.9. The van der Waals surface area contributed by atoms with Gasteiger partial charge in [-0.2, -0.15) is 13.2 Å². The van der Waals surface area contributed by atoms with Crippen molar-refractivity contribution >= 4 is 39.0 Å². The molecular formula is C9H6BrClF3NO. The van der Waals surface area contributed by atoms with E-state index in [9.17, 15) is 18.0 Å². The molecule has 0 spiro atoms. The van der Waals surface area contributed by atoms with E-state index in [0.717, 1.165) is 6.07 Å². The van der Waals surface area contributed by atoms with Crippen molar-refractivity contribution in [1.82, 2.24) is 0 Å². The third-order valence-corrected chi connectivity index (χ3v) is 2.70. The van der Waals surface area contributed by atoms with Crippen LogP contribution in [0, 0.1) is 0 Å². The number of anilines is 1.